The van der Waals surface area contributed by atoms with E-state index in [1.165, 1.54) is 24.3 Å². The molecule has 1 aromatic rings. The highest BCUT2D eigenvalue weighted by Crippen LogP contribution is 2.32. The number of aryl methyl sites for hydroxylation is 1. The van der Waals surface area contributed by atoms with Gasteiger partial charge in [0.2, 0.25) is 0 Å². The van der Waals surface area contributed by atoms with Gasteiger partial charge in [-0.1, -0.05) is 13.8 Å². The first-order chi connectivity index (χ1) is 9.04. The molecular weight excluding hydrogens is 256 g/mol. The van der Waals surface area contributed by atoms with Crippen molar-refractivity contribution < 1.29 is 5.11 Å². The van der Waals surface area contributed by atoms with Crippen LogP contribution in [0.5, 0.6) is 0 Å². The van der Waals surface area contributed by atoms with Gasteiger partial charge in [0.25, 0.3) is 0 Å². The molecule has 0 aromatic carbocycles. The van der Waals surface area contributed by atoms with E-state index in [2.05, 4.69) is 36.2 Å². The van der Waals surface area contributed by atoms with Gasteiger partial charge in [0.05, 0.1) is 16.8 Å². The van der Waals surface area contributed by atoms with Gasteiger partial charge in [-0.25, -0.2) is 4.98 Å². The van der Waals surface area contributed by atoms with E-state index in [1.807, 2.05) is 0 Å². The third-order valence-electron chi connectivity index (χ3n) is 3.63. The molecule has 0 aliphatic heterocycles. The van der Waals surface area contributed by atoms with Crippen LogP contribution in [-0.4, -0.2) is 34.7 Å². The smallest absolute Gasteiger partial charge is 0.0928 e. The number of aliphatic hydroxyl groups is 1. The minimum Gasteiger partial charge on any atom is -0.392 e. The second-order valence-corrected chi connectivity index (χ2v) is 7.21. The lowest BCUT2D eigenvalue weighted by Gasteiger charge is -2.19. The Labute approximate surface area is 120 Å². The van der Waals surface area contributed by atoms with E-state index in [9.17, 15) is 5.11 Å². The largest absolute Gasteiger partial charge is 0.392 e. The zero-order chi connectivity index (χ0) is 13.8. The zero-order valence-corrected chi connectivity index (χ0v) is 13.1. The number of likely N-dealkylation sites (N-methyl/N-ethyl adjacent to an activating group) is 1. The maximum atomic E-state index is 9.93. The Balaban J connectivity index is 1.75. The minimum absolute atomic E-state index is 0.149. The van der Waals surface area contributed by atoms with Gasteiger partial charge in [0.1, 0.15) is 0 Å². The standard InChI is InChI=1S/C15H26N2OS/c1-11(2)4-7-15-16-13(10-19-15)8-17(3)9-14(18)12-5-6-12/h10-12,14,18H,4-9H2,1-3H3. The fourth-order valence-corrected chi connectivity index (χ4v) is 3.04. The summed E-state index contributed by atoms with van der Waals surface area (Å²) in [5, 5.41) is 13.3. The molecule has 1 atom stereocenters. The zero-order valence-electron chi connectivity index (χ0n) is 12.3. The second-order valence-electron chi connectivity index (χ2n) is 6.27. The van der Waals surface area contributed by atoms with Gasteiger partial charge in [-0.2, -0.15) is 0 Å². The summed E-state index contributed by atoms with van der Waals surface area (Å²) in [6.07, 6.45) is 4.56. The summed E-state index contributed by atoms with van der Waals surface area (Å²) in [6, 6.07) is 0. The number of hydrogen-bond donors (Lipinski definition) is 1. The van der Waals surface area contributed by atoms with Crippen molar-refractivity contribution in [3.63, 3.8) is 0 Å². The van der Waals surface area contributed by atoms with Crippen LogP contribution >= 0.6 is 11.3 Å². The lowest BCUT2D eigenvalue weighted by molar-refractivity contribution is 0.104. The Bertz CT molecular complexity index is 387. The van der Waals surface area contributed by atoms with Crippen LogP contribution < -0.4 is 0 Å². The van der Waals surface area contributed by atoms with Gasteiger partial charge in [-0.3, -0.25) is 4.90 Å². The minimum atomic E-state index is -0.149. The molecule has 1 N–H and O–H groups in total. The molecule has 3 nitrogen and oxygen atoms in total. The second kappa shape index (κ2) is 6.82. The van der Waals surface area contributed by atoms with Crippen LogP contribution in [0.3, 0.4) is 0 Å². The summed E-state index contributed by atoms with van der Waals surface area (Å²) in [5.41, 5.74) is 1.15. The number of rotatable bonds is 8. The summed E-state index contributed by atoms with van der Waals surface area (Å²) >= 11 is 1.77. The number of thiazole rings is 1. The maximum absolute atomic E-state index is 9.93. The molecule has 1 unspecified atom stereocenters. The number of nitrogens with zero attached hydrogens (tertiary/aromatic N) is 2. The molecule has 0 amide bonds. The van der Waals surface area contributed by atoms with Crippen molar-refractivity contribution in [1.82, 2.24) is 9.88 Å². The highest BCUT2D eigenvalue weighted by atomic mass is 32.1. The molecule has 1 aromatic heterocycles. The third kappa shape index (κ3) is 5.21. The Kier molecular flexibility index (Phi) is 5.37. The molecule has 2 rings (SSSR count). The summed E-state index contributed by atoms with van der Waals surface area (Å²) in [5.74, 6) is 1.29. The third-order valence-corrected chi connectivity index (χ3v) is 4.59. The van der Waals surface area contributed by atoms with Gasteiger partial charge in [0.15, 0.2) is 0 Å². The number of hydrogen-bond acceptors (Lipinski definition) is 4. The molecule has 1 heterocycles. The van der Waals surface area contributed by atoms with E-state index in [1.54, 1.807) is 11.3 Å². The van der Waals surface area contributed by atoms with Gasteiger partial charge in [-0.05, 0) is 44.6 Å². The molecule has 1 aliphatic carbocycles. The van der Waals surface area contributed by atoms with E-state index in [0.717, 1.165) is 31.1 Å². The lowest BCUT2D eigenvalue weighted by Crippen LogP contribution is -2.30. The van der Waals surface area contributed by atoms with Crippen molar-refractivity contribution in [1.29, 1.82) is 0 Å². The quantitative estimate of drug-likeness (QED) is 0.796. The first kappa shape index (κ1) is 14.9. The predicted molar refractivity (Wildman–Crippen MR) is 80.3 cm³/mol. The van der Waals surface area contributed by atoms with Crippen molar-refractivity contribution in [3.8, 4) is 0 Å². The summed E-state index contributed by atoms with van der Waals surface area (Å²) in [4.78, 5) is 6.87. The Morgan fingerprint density at radius 1 is 1.47 bits per heavy atom. The van der Waals surface area contributed by atoms with Crippen molar-refractivity contribution in [2.75, 3.05) is 13.6 Å². The van der Waals surface area contributed by atoms with E-state index in [4.69, 9.17) is 0 Å². The Morgan fingerprint density at radius 3 is 2.84 bits per heavy atom. The normalized spacial score (nSPS) is 17.4. The SMILES string of the molecule is CC(C)CCc1nc(CN(C)CC(O)C2CC2)cs1. The monoisotopic (exact) mass is 282 g/mol. The molecule has 1 saturated carbocycles. The van der Waals surface area contributed by atoms with Crippen LogP contribution in [0.1, 0.15) is 43.8 Å². The van der Waals surface area contributed by atoms with Crippen LogP contribution in [0, 0.1) is 11.8 Å². The van der Waals surface area contributed by atoms with Crippen LogP contribution in [0.25, 0.3) is 0 Å². The first-order valence-electron chi connectivity index (χ1n) is 7.34. The van der Waals surface area contributed by atoms with Crippen LogP contribution in [0.4, 0.5) is 0 Å². The topological polar surface area (TPSA) is 36.4 Å². The van der Waals surface area contributed by atoms with Crippen molar-refractivity contribution in [3.05, 3.63) is 16.1 Å². The van der Waals surface area contributed by atoms with Crippen LogP contribution in [0.15, 0.2) is 5.38 Å². The number of aromatic nitrogens is 1. The highest BCUT2D eigenvalue weighted by Gasteiger charge is 2.30. The lowest BCUT2D eigenvalue weighted by atomic mass is 10.1. The molecule has 4 heteroatoms. The van der Waals surface area contributed by atoms with E-state index in [0.29, 0.717) is 5.92 Å². The average molecular weight is 282 g/mol. The molecule has 0 spiro atoms. The van der Waals surface area contributed by atoms with Gasteiger partial charge < -0.3 is 5.11 Å². The highest BCUT2D eigenvalue weighted by molar-refractivity contribution is 7.09. The fraction of sp³-hybridized carbons (Fsp3) is 0.800. The van der Waals surface area contributed by atoms with Crippen molar-refractivity contribution in [2.45, 2.75) is 52.2 Å². The summed E-state index contributed by atoms with van der Waals surface area (Å²) in [6.45, 7) is 6.12. The summed E-state index contributed by atoms with van der Waals surface area (Å²) < 4.78 is 0. The Hall–Kier alpha value is -0.450. The fourth-order valence-electron chi connectivity index (χ4n) is 2.24. The molecule has 1 aliphatic rings. The molecule has 108 valence electrons. The Morgan fingerprint density at radius 2 is 2.21 bits per heavy atom. The molecular formula is C15H26N2OS. The van der Waals surface area contributed by atoms with E-state index < -0.39 is 0 Å². The van der Waals surface area contributed by atoms with Gasteiger partial charge >= 0.3 is 0 Å². The van der Waals surface area contributed by atoms with Gasteiger partial charge in [0, 0.05) is 18.5 Å². The molecule has 0 saturated heterocycles. The maximum Gasteiger partial charge on any atom is 0.0928 e. The predicted octanol–water partition coefficient (Wildman–Crippen LogP) is 2.93. The first-order valence-corrected chi connectivity index (χ1v) is 8.22. The molecule has 19 heavy (non-hydrogen) atoms. The van der Waals surface area contributed by atoms with E-state index >= 15 is 0 Å². The van der Waals surface area contributed by atoms with Gasteiger partial charge in [-0.15, -0.1) is 11.3 Å². The number of aliphatic hydroxyl groups excluding tert-OH is 1. The average Bonchev–Trinajstić information content (AvgIpc) is 3.09. The molecule has 0 bridgehead atoms. The molecule has 1 fully saturated rings. The summed E-state index contributed by atoms with van der Waals surface area (Å²) in [7, 11) is 2.07. The van der Waals surface area contributed by atoms with Crippen molar-refractivity contribution in [2.24, 2.45) is 11.8 Å². The molecule has 0 radical (unpaired) electrons. The van der Waals surface area contributed by atoms with Crippen LogP contribution in [-0.2, 0) is 13.0 Å². The van der Waals surface area contributed by atoms with Crippen LogP contribution in [0.2, 0.25) is 0 Å². The van der Waals surface area contributed by atoms with Crippen molar-refractivity contribution >= 4 is 11.3 Å². The van der Waals surface area contributed by atoms with E-state index in [-0.39, 0.29) is 6.10 Å².